The molecule has 0 bridgehead atoms. The van der Waals surface area contributed by atoms with Crippen molar-refractivity contribution in [3.05, 3.63) is 21.9 Å². The molecule has 0 aromatic carbocycles. The molecular formula is C14H20N2O3S2. The van der Waals surface area contributed by atoms with E-state index in [1.807, 2.05) is 5.38 Å². The van der Waals surface area contributed by atoms with Crippen LogP contribution in [0.15, 0.2) is 11.4 Å². The molecule has 1 atom stereocenters. The van der Waals surface area contributed by atoms with Crippen LogP contribution in [0.1, 0.15) is 46.8 Å². The first-order chi connectivity index (χ1) is 9.94. The van der Waals surface area contributed by atoms with Crippen molar-refractivity contribution in [1.29, 1.82) is 0 Å². The molecular weight excluding hydrogens is 308 g/mol. The van der Waals surface area contributed by atoms with Gasteiger partial charge in [-0.05, 0) is 48.6 Å². The first-order valence-electron chi connectivity index (χ1n) is 7.28. The van der Waals surface area contributed by atoms with Gasteiger partial charge >= 0.3 is 0 Å². The molecule has 1 aromatic heterocycles. The summed E-state index contributed by atoms with van der Waals surface area (Å²) in [5.74, 6) is 0.622. The standard InChI is InChI=1S/C14H20N2O3S2/c1-21(18,19)15-11-3-2-7-16(9-11)14(17)13-12(6-8-20-13)10-4-5-10/h6,8,10-11,15H,2-5,7,9H2,1H3. The fourth-order valence-corrected chi connectivity index (χ4v) is 4.66. The molecule has 2 heterocycles. The smallest absolute Gasteiger partial charge is 0.264 e. The van der Waals surface area contributed by atoms with Gasteiger partial charge in [-0.1, -0.05) is 0 Å². The molecule has 1 N–H and O–H groups in total. The van der Waals surface area contributed by atoms with Gasteiger partial charge in [0.1, 0.15) is 0 Å². The number of hydrogen-bond donors (Lipinski definition) is 1. The first-order valence-corrected chi connectivity index (χ1v) is 10.0. The lowest BCUT2D eigenvalue weighted by atomic mass is 10.1. The third-order valence-corrected chi connectivity index (χ3v) is 5.68. The highest BCUT2D eigenvalue weighted by Crippen LogP contribution is 2.43. The van der Waals surface area contributed by atoms with Gasteiger partial charge in [-0.15, -0.1) is 11.3 Å². The van der Waals surface area contributed by atoms with Crippen molar-refractivity contribution in [3.63, 3.8) is 0 Å². The lowest BCUT2D eigenvalue weighted by Crippen LogP contribution is -2.49. The summed E-state index contributed by atoms with van der Waals surface area (Å²) in [6.07, 6.45) is 5.14. The van der Waals surface area contributed by atoms with Crippen LogP contribution in [-0.4, -0.2) is 44.6 Å². The number of rotatable bonds is 4. The average Bonchev–Trinajstić information content (AvgIpc) is 3.14. The van der Waals surface area contributed by atoms with E-state index in [4.69, 9.17) is 0 Å². The molecule has 2 fully saturated rings. The Labute approximate surface area is 129 Å². The van der Waals surface area contributed by atoms with Crippen LogP contribution in [0.4, 0.5) is 0 Å². The number of nitrogens with zero attached hydrogens (tertiary/aromatic N) is 1. The number of likely N-dealkylation sites (tertiary alicyclic amines) is 1. The van der Waals surface area contributed by atoms with Crippen molar-refractivity contribution in [3.8, 4) is 0 Å². The summed E-state index contributed by atoms with van der Waals surface area (Å²) >= 11 is 1.50. The normalized spacial score (nSPS) is 23.3. The van der Waals surface area contributed by atoms with E-state index in [1.54, 1.807) is 4.90 Å². The van der Waals surface area contributed by atoms with E-state index in [0.717, 1.165) is 24.0 Å². The van der Waals surface area contributed by atoms with Crippen LogP contribution in [0.2, 0.25) is 0 Å². The highest BCUT2D eigenvalue weighted by atomic mass is 32.2. The Kier molecular flexibility index (Phi) is 4.07. The van der Waals surface area contributed by atoms with E-state index >= 15 is 0 Å². The maximum atomic E-state index is 12.7. The molecule has 1 saturated carbocycles. The molecule has 5 nitrogen and oxygen atoms in total. The number of nitrogens with one attached hydrogen (secondary N) is 1. The Bertz CT molecular complexity index is 634. The van der Waals surface area contributed by atoms with Gasteiger partial charge in [0.25, 0.3) is 5.91 Å². The largest absolute Gasteiger partial charge is 0.336 e. The highest BCUT2D eigenvalue weighted by molar-refractivity contribution is 7.88. The van der Waals surface area contributed by atoms with Crippen LogP contribution in [-0.2, 0) is 10.0 Å². The van der Waals surface area contributed by atoms with Gasteiger partial charge in [-0.2, -0.15) is 0 Å². The van der Waals surface area contributed by atoms with Gasteiger partial charge in [-0.3, -0.25) is 4.79 Å². The number of piperidine rings is 1. The molecule has 21 heavy (non-hydrogen) atoms. The van der Waals surface area contributed by atoms with Crippen molar-refractivity contribution in [1.82, 2.24) is 9.62 Å². The minimum absolute atomic E-state index is 0.0619. The van der Waals surface area contributed by atoms with Crippen LogP contribution in [0.5, 0.6) is 0 Å². The van der Waals surface area contributed by atoms with Crippen molar-refractivity contribution >= 4 is 27.3 Å². The highest BCUT2D eigenvalue weighted by Gasteiger charge is 2.32. The second kappa shape index (κ2) is 5.70. The summed E-state index contributed by atoms with van der Waals surface area (Å²) in [6.45, 7) is 1.18. The van der Waals surface area contributed by atoms with Crippen molar-refractivity contribution in [2.45, 2.75) is 37.6 Å². The SMILES string of the molecule is CS(=O)(=O)NC1CCCN(C(=O)c2sccc2C2CC2)C1. The Morgan fingerprint density at radius 1 is 1.38 bits per heavy atom. The number of thiophene rings is 1. The molecule has 1 amide bonds. The van der Waals surface area contributed by atoms with Gasteiger partial charge in [-0.25, -0.2) is 13.1 Å². The Hall–Kier alpha value is -0.920. The maximum Gasteiger partial charge on any atom is 0.264 e. The van der Waals surface area contributed by atoms with Gasteiger partial charge < -0.3 is 4.90 Å². The topological polar surface area (TPSA) is 66.5 Å². The van der Waals surface area contributed by atoms with Crippen LogP contribution in [0, 0.1) is 0 Å². The molecule has 7 heteroatoms. The summed E-state index contributed by atoms with van der Waals surface area (Å²) in [6, 6.07) is 1.90. The molecule has 3 rings (SSSR count). The average molecular weight is 328 g/mol. The number of carbonyl (C=O) groups is 1. The second-order valence-electron chi connectivity index (χ2n) is 5.96. The maximum absolute atomic E-state index is 12.7. The first kappa shape index (κ1) is 15.0. The van der Waals surface area contributed by atoms with Crippen LogP contribution < -0.4 is 4.72 Å². The quantitative estimate of drug-likeness (QED) is 0.916. The molecule has 2 aliphatic rings. The van der Waals surface area contributed by atoms with Crippen molar-refractivity contribution in [2.24, 2.45) is 0 Å². The summed E-state index contributed by atoms with van der Waals surface area (Å²) in [4.78, 5) is 15.3. The van der Waals surface area contributed by atoms with Crippen molar-refractivity contribution in [2.75, 3.05) is 19.3 Å². The molecule has 0 spiro atoms. The summed E-state index contributed by atoms with van der Waals surface area (Å²) in [7, 11) is -3.22. The zero-order valence-electron chi connectivity index (χ0n) is 12.0. The molecule has 1 aliphatic carbocycles. The summed E-state index contributed by atoms with van der Waals surface area (Å²) < 4.78 is 25.3. The lowest BCUT2D eigenvalue weighted by Gasteiger charge is -2.32. The zero-order valence-corrected chi connectivity index (χ0v) is 13.7. The molecule has 1 unspecified atom stereocenters. The van der Waals surface area contributed by atoms with Crippen LogP contribution >= 0.6 is 11.3 Å². The van der Waals surface area contributed by atoms with Gasteiger partial charge in [0.15, 0.2) is 0 Å². The predicted octanol–water partition coefficient (Wildman–Crippen LogP) is 1.78. The van der Waals surface area contributed by atoms with Gasteiger partial charge in [0.05, 0.1) is 11.1 Å². The minimum atomic E-state index is -3.22. The van der Waals surface area contributed by atoms with Crippen LogP contribution in [0.3, 0.4) is 0 Å². The third-order valence-electron chi connectivity index (χ3n) is 4.00. The molecule has 116 valence electrons. The predicted molar refractivity (Wildman–Crippen MR) is 83.2 cm³/mol. The van der Waals surface area contributed by atoms with Gasteiger partial charge in [0.2, 0.25) is 10.0 Å². The zero-order chi connectivity index (χ0) is 15.0. The molecule has 0 radical (unpaired) electrons. The molecule has 1 aromatic rings. The third kappa shape index (κ3) is 3.64. The lowest BCUT2D eigenvalue weighted by molar-refractivity contribution is 0.0707. The Morgan fingerprint density at radius 2 is 2.14 bits per heavy atom. The Balaban J connectivity index is 1.70. The summed E-state index contributed by atoms with van der Waals surface area (Å²) in [5, 5.41) is 1.98. The van der Waals surface area contributed by atoms with E-state index in [2.05, 4.69) is 10.8 Å². The van der Waals surface area contributed by atoms with Crippen molar-refractivity contribution < 1.29 is 13.2 Å². The Morgan fingerprint density at radius 3 is 2.81 bits per heavy atom. The number of hydrogen-bond acceptors (Lipinski definition) is 4. The van der Waals surface area contributed by atoms with Gasteiger partial charge in [0, 0.05) is 19.1 Å². The summed E-state index contributed by atoms with van der Waals surface area (Å²) in [5.41, 5.74) is 1.18. The van der Waals surface area contributed by atoms with E-state index < -0.39 is 10.0 Å². The van der Waals surface area contributed by atoms with E-state index in [0.29, 0.717) is 19.0 Å². The molecule has 1 saturated heterocycles. The number of amides is 1. The second-order valence-corrected chi connectivity index (χ2v) is 8.66. The van der Waals surface area contributed by atoms with E-state index in [-0.39, 0.29) is 11.9 Å². The fourth-order valence-electron chi connectivity index (χ4n) is 2.91. The van der Waals surface area contributed by atoms with E-state index in [1.165, 1.54) is 29.7 Å². The molecule has 1 aliphatic heterocycles. The number of sulfonamides is 1. The monoisotopic (exact) mass is 328 g/mol. The number of carbonyl (C=O) groups excluding carboxylic acids is 1. The van der Waals surface area contributed by atoms with Crippen LogP contribution in [0.25, 0.3) is 0 Å². The fraction of sp³-hybridized carbons (Fsp3) is 0.643. The van der Waals surface area contributed by atoms with E-state index in [9.17, 15) is 13.2 Å². The minimum Gasteiger partial charge on any atom is -0.336 e.